The Bertz CT molecular complexity index is 978. The molecule has 4 rings (SSSR count). The van der Waals surface area contributed by atoms with E-state index in [1.807, 2.05) is 6.07 Å². The number of hydrogen-bond acceptors (Lipinski definition) is 6. The van der Waals surface area contributed by atoms with E-state index in [2.05, 4.69) is 39.5 Å². The molecule has 1 aliphatic heterocycles. The molecular formula is C22H25FN4O2. The average Bonchev–Trinajstić information content (AvgIpc) is 3.43. The largest absolute Gasteiger partial charge is 0.489 e. The van der Waals surface area contributed by atoms with Crippen LogP contribution in [0.2, 0.25) is 0 Å². The molecule has 0 radical (unpaired) electrons. The Morgan fingerprint density at radius 1 is 1.21 bits per heavy atom. The minimum absolute atomic E-state index is 0.102. The summed E-state index contributed by atoms with van der Waals surface area (Å²) in [4.78, 5) is 6.86. The van der Waals surface area contributed by atoms with Gasteiger partial charge in [0, 0.05) is 43.5 Å². The quantitative estimate of drug-likeness (QED) is 0.593. The summed E-state index contributed by atoms with van der Waals surface area (Å²) in [5, 5.41) is 3.22. The smallest absolute Gasteiger partial charge is 0.295 e. The van der Waals surface area contributed by atoms with Crippen molar-refractivity contribution in [1.82, 2.24) is 4.98 Å². The highest BCUT2D eigenvalue weighted by Gasteiger charge is 2.12. The third-order valence-electron chi connectivity index (χ3n) is 5.05. The van der Waals surface area contributed by atoms with Crippen molar-refractivity contribution >= 4 is 22.8 Å². The normalized spacial score (nSPS) is 14.6. The molecule has 0 atom stereocenters. The van der Waals surface area contributed by atoms with E-state index in [0.29, 0.717) is 35.8 Å². The summed E-state index contributed by atoms with van der Waals surface area (Å²) < 4.78 is 23.9. The van der Waals surface area contributed by atoms with Crippen LogP contribution in [-0.2, 0) is 6.54 Å². The van der Waals surface area contributed by atoms with E-state index in [9.17, 15) is 4.39 Å². The van der Waals surface area contributed by atoms with Gasteiger partial charge in [-0.3, -0.25) is 0 Å². The molecule has 29 heavy (non-hydrogen) atoms. The van der Waals surface area contributed by atoms with Crippen LogP contribution in [0.3, 0.4) is 0 Å². The standard InChI is InChI=1S/C22H25FN4O2/c23-12-17(13-24)15-28-19-7-8-20-21(11-19)29-22(26-20)25-14-16-3-5-18(6-4-16)27-9-1-2-10-27/h3-8,11-12H,1-2,9-10,13-15,24H2,(H,25,26)/b17-12-. The van der Waals surface area contributed by atoms with Crippen LogP contribution >= 0.6 is 0 Å². The Morgan fingerprint density at radius 3 is 2.72 bits per heavy atom. The van der Waals surface area contributed by atoms with Crippen molar-refractivity contribution in [2.24, 2.45) is 5.73 Å². The molecule has 3 N–H and O–H groups in total. The molecule has 2 heterocycles. The maximum absolute atomic E-state index is 12.6. The van der Waals surface area contributed by atoms with E-state index in [-0.39, 0.29) is 13.2 Å². The van der Waals surface area contributed by atoms with Gasteiger partial charge in [-0.15, -0.1) is 0 Å². The van der Waals surface area contributed by atoms with Gasteiger partial charge in [0.15, 0.2) is 5.58 Å². The SMILES string of the molecule is NC/C(=C/F)COc1ccc2nc(NCc3ccc(N4CCCC4)cc3)oc2c1. The summed E-state index contributed by atoms with van der Waals surface area (Å²) in [6.07, 6.45) is 3.02. The Labute approximate surface area is 169 Å². The minimum atomic E-state index is 0.102. The van der Waals surface area contributed by atoms with Gasteiger partial charge >= 0.3 is 0 Å². The Hall–Kier alpha value is -3.06. The number of nitrogens with zero attached hydrogens (tertiary/aromatic N) is 2. The molecule has 0 amide bonds. The van der Waals surface area contributed by atoms with Crippen LogP contribution in [0.15, 0.2) is 58.8 Å². The zero-order valence-corrected chi connectivity index (χ0v) is 16.2. The third kappa shape index (κ3) is 4.68. The number of halogens is 1. The van der Waals surface area contributed by atoms with Crippen LogP contribution in [0.5, 0.6) is 5.75 Å². The van der Waals surface area contributed by atoms with Crippen LogP contribution in [0.4, 0.5) is 16.1 Å². The van der Waals surface area contributed by atoms with Crippen molar-refractivity contribution in [3.05, 3.63) is 59.9 Å². The van der Waals surface area contributed by atoms with Gasteiger partial charge in [-0.25, -0.2) is 4.39 Å². The highest BCUT2D eigenvalue weighted by molar-refractivity contribution is 5.76. The van der Waals surface area contributed by atoms with E-state index < -0.39 is 0 Å². The lowest BCUT2D eigenvalue weighted by Gasteiger charge is -2.17. The van der Waals surface area contributed by atoms with Gasteiger partial charge in [-0.1, -0.05) is 12.1 Å². The zero-order valence-electron chi connectivity index (χ0n) is 16.2. The van der Waals surface area contributed by atoms with Crippen molar-refractivity contribution < 1.29 is 13.5 Å². The van der Waals surface area contributed by atoms with E-state index >= 15 is 0 Å². The molecule has 2 aromatic carbocycles. The average molecular weight is 396 g/mol. The predicted octanol–water partition coefficient (Wildman–Crippen LogP) is 4.23. The number of hydrogen-bond donors (Lipinski definition) is 2. The number of ether oxygens (including phenoxy) is 1. The first kappa shape index (κ1) is 19.3. The van der Waals surface area contributed by atoms with Crippen LogP contribution in [0.1, 0.15) is 18.4 Å². The number of benzene rings is 2. The van der Waals surface area contributed by atoms with Gasteiger partial charge in [-0.05, 0) is 42.7 Å². The second kappa shape index (κ2) is 8.96. The van der Waals surface area contributed by atoms with E-state index in [1.54, 1.807) is 12.1 Å². The summed E-state index contributed by atoms with van der Waals surface area (Å²) in [6, 6.07) is 14.4. The first-order chi connectivity index (χ1) is 14.2. The van der Waals surface area contributed by atoms with Crippen LogP contribution in [0.25, 0.3) is 11.1 Å². The summed E-state index contributed by atoms with van der Waals surface area (Å²) >= 11 is 0. The number of anilines is 2. The number of nitrogens with two attached hydrogens (primary N) is 1. The topological polar surface area (TPSA) is 76.6 Å². The monoisotopic (exact) mass is 396 g/mol. The first-order valence-corrected chi connectivity index (χ1v) is 9.84. The maximum Gasteiger partial charge on any atom is 0.295 e. The van der Waals surface area contributed by atoms with E-state index in [0.717, 1.165) is 24.2 Å². The Kier molecular flexibility index (Phi) is 5.95. The second-order valence-corrected chi connectivity index (χ2v) is 7.12. The molecule has 0 bridgehead atoms. The lowest BCUT2D eigenvalue weighted by molar-refractivity contribution is 0.347. The number of aromatic nitrogens is 1. The molecule has 3 aromatic rings. The van der Waals surface area contributed by atoms with Crippen molar-refractivity contribution in [1.29, 1.82) is 0 Å². The molecule has 6 nitrogen and oxygen atoms in total. The van der Waals surface area contributed by atoms with Crippen LogP contribution in [0, 0.1) is 0 Å². The summed E-state index contributed by atoms with van der Waals surface area (Å²) in [5.41, 5.74) is 9.59. The van der Waals surface area contributed by atoms with Gasteiger partial charge in [0.05, 0.1) is 6.33 Å². The fourth-order valence-corrected chi connectivity index (χ4v) is 3.36. The first-order valence-electron chi connectivity index (χ1n) is 9.84. The molecule has 1 aromatic heterocycles. The molecule has 0 spiro atoms. The predicted molar refractivity (Wildman–Crippen MR) is 113 cm³/mol. The van der Waals surface area contributed by atoms with Gasteiger partial charge in [0.1, 0.15) is 17.9 Å². The number of oxazole rings is 1. The van der Waals surface area contributed by atoms with Gasteiger partial charge in [0.25, 0.3) is 6.01 Å². The molecule has 1 fully saturated rings. The lowest BCUT2D eigenvalue weighted by Crippen LogP contribution is -2.17. The molecule has 1 aliphatic rings. The second-order valence-electron chi connectivity index (χ2n) is 7.12. The lowest BCUT2D eigenvalue weighted by atomic mass is 10.2. The van der Waals surface area contributed by atoms with Gasteiger partial charge in [0.2, 0.25) is 0 Å². The van der Waals surface area contributed by atoms with Gasteiger partial charge in [-0.2, -0.15) is 4.98 Å². The van der Waals surface area contributed by atoms with Crippen molar-refractivity contribution in [2.45, 2.75) is 19.4 Å². The molecule has 0 aliphatic carbocycles. The number of rotatable bonds is 8. The number of fused-ring (bicyclic) bond motifs is 1. The van der Waals surface area contributed by atoms with Crippen LogP contribution < -0.4 is 20.7 Å². The highest BCUT2D eigenvalue weighted by atomic mass is 19.1. The fraction of sp³-hybridized carbons (Fsp3) is 0.318. The minimum Gasteiger partial charge on any atom is -0.489 e. The van der Waals surface area contributed by atoms with Crippen molar-refractivity contribution in [2.75, 3.05) is 36.5 Å². The molecule has 152 valence electrons. The molecule has 0 unspecified atom stereocenters. The summed E-state index contributed by atoms with van der Waals surface area (Å²) in [6.45, 7) is 3.13. The molecule has 7 heteroatoms. The highest BCUT2D eigenvalue weighted by Crippen LogP contribution is 2.25. The molecular weight excluding hydrogens is 371 g/mol. The molecule has 1 saturated heterocycles. The van der Waals surface area contributed by atoms with Crippen molar-refractivity contribution in [3.63, 3.8) is 0 Å². The maximum atomic E-state index is 12.6. The van der Waals surface area contributed by atoms with Crippen molar-refractivity contribution in [3.8, 4) is 5.75 Å². The van der Waals surface area contributed by atoms with E-state index in [1.165, 1.54) is 18.5 Å². The van der Waals surface area contributed by atoms with E-state index in [4.69, 9.17) is 14.9 Å². The van der Waals surface area contributed by atoms with Gasteiger partial charge < -0.3 is 25.1 Å². The zero-order chi connectivity index (χ0) is 20.1. The summed E-state index contributed by atoms with van der Waals surface area (Å²) in [7, 11) is 0. The number of nitrogens with one attached hydrogen (secondary N) is 1. The molecule has 0 saturated carbocycles. The summed E-state index contributed by atoms with van der Waals surface area (Å²) in [5.74, 6) is 0.575. The fourth-order valence-electron chi connectivity index (χ4n) is 3.36. The Balaban J connectivity index is 1.36. The Morgan fingerprint density at radius 2 is 2.00 bits per heavy atom. The third-order valence-corrected chi connectivity index (χ3v) is 5.05. The van der Waals surface area contributed by atoms with Crippen LogP contribution in [-0.4, -0.2) is 31.2 Å².